The first-order valence-electron chi connectivity index (χ1n) is 7.61. The molecule has 9 heteroatoms. The van der Waals surface area contributed by atoms with E-state index < -0.39 is 18.1 Å². The van der Waals surface area contributed by atoms with Gasteiger partial charge in [0.25, 0.3) is 0 Å². The van der Waals surface area contributed by atoms with Gasteiger partial charge in [0.05, 0.1) is 0 Å². The number of nitrogens with zero attached hydrogens (tertiary/aromatic N) is 1. The average molecular weight is 394 g/mol. The molecule has 2 rings (SSSR count). The van der Waals surface area contributed by atoms with Crippen molar-refractivity contribution in [2.24, 2.45) is 4.52 Å². The molecule has 0 aliphatic rings. The third-order valence-corrected chi connectivity index (χ3v) is 3.96. The maximum Gasteiger partial charge on any atom is 0.408 e. The summed E-state index contributed by atoms with van der Waals surface area (Å²) < 4.78 is 26.6. The first-order valence-corrected chi connectivity index (χ1v) is 8.89. The Balaban J connectivity index is 1.98. The van der Waals surface area contributed by atoms with E-state index in [1.54, 1.807) is 0 Å². The number of carbonyl (C=O) groups is 2. The van der Waals surface area contributed by atoms with Gasteiger partial charge in [0.2, 0.25) is 8.60 Å². The molecule has 0 aromatic heterocycles. The third kappa shape index (κ3) is 6.87. The molecule has 0 aliphatic carbocycles. The summed E-state index contributed by atoms with van der Waals surface area (Å²) in [7, 11) is 2.16. The zero-order valence-electron chi connectivity index (χ0n) is 13.7. The number of nitrogens with one attached hydrogen (secondary N) is 1. The number of carbonyl (C=O) groups excluding carboxylic acids is 2. The van der Waals surface area contributed by atoms with Gasteiger partial charge in [0.15, 0.2) is 0 Å². The van der Waals surface area contributed by atoms with Crippen LogP contribution in [0.3, 0.4) is 0 Å². The van der Waals surface area contributed by atoms with Crippen molar-refractivity contribution in [3.8, 4) is 0 Å². The fraction of sp³-hybridized carbons (Fsp3) is 0.176. The van der Waals surface area contributed by atoms with Crippen LogP contribution in [0.15, 0.2) is 59.1 Å². The van der Waals surface area contributed by atoms with Crippen LogP contribution in [0.1, 0.15) is 11.1 Å². The maximum atomic E-state index is 13.0. The van der Waals surface area contributed by atoms with Gasteiger partial charge in [-0.05, 0) is 32.7 Å². The lowest BCUT2D eigenvalue weighted by atomic mass is 10.1. The third-order valence-electron chi connectivity index (χ3n) is 3.32. The summed E-state index contributed by atoms with van der Waals surface area (Å²) in [5.74, 6) is -1.05. The molecule has 0 radical (unpaired) electrons. The van der Waals surface area contributed by atoms with Gasteiger partial charge in [-0.15, -0.1) is 0 Å². The van der Waals surface area contributed by atoms with E-state index in [2.05, 4.69) is 19.2 Å². The Morgan fingerprint density at radius 3 is 2.46 bits per heavy atom. The summed E-state index contributed by atoms with van der Waals surface area (Å²) in [6, 6.07) is 13.8. The van der Waals surface area contributed by atoms with Crippen LogP contribution in [0.2, 0.25) is 0 Å². The van der Waals surface area contributed by atoms with E-state index >= 15 is 0 Å². The molecule has 136 valence electrons. The predicted octanol–water partition coefficient (Wildman–Crippen LogP) is 4.04. The molecule has 0 spiro atoms. The molecule has 2 atom stereocenters. The van der Waals surface area contributed by atoms with E-state index in [1.165, 1.54) is 24.3 Å². The van der Waals surface area contributed by atoms with Crippen molar-refractivity contribution in [1.82, 2.24) is 5.32 Å². The predicted molar refractivity (Wildman–Crippen MR) is 98.8 cm³/mol. The molecule has 0 heterocycles. The topological polar surface area (TPSA) is 77.0 Å². The molecule has 0 fully saturated rings. The van der Waals surface area contributed by atoms with E-state index in [1.807, 2.05) is 30.3 Å². The molecule has 1 N–H and O–H groups in total. The van der Waals surface area contributed by atoms with Gasteiger partial charge in [0.1, 0.15) is 18.5 Å². The molecule has 0 bridgehead atoms. The van der Waals surface area contributed by atoms with Gasteiger partial charge in [-0.25, -0.2) is 18.5 Å². The first-order chi connectivity index (χ1) is 12.6. The maximum absolute atomic E-state index is 13.0. The Labute approximate surface area is 154 Å². The summed E-state index contributed by atoms with van der Waals surface area (Å²) in [6.45, 7) is 0.0736. The lowest BCUT2D eigenvalue weighted by Gasteiger charge is -2.16. The number of rotatable bonds is 7. The second-order valence-corrected chi connectivity index (χ2v) is 6.47. The highest BCUT2D eigenvalue weighted by molar-refractivity contribution is 7.31. The Morgan fingerprint density at radius 2 is 1.81 bits per heavy atom. The second kappa shape index (κ2) is 10.6. The summed E-state index contributed by atoms with van der Waals surface area (Å²) in [5, 5.41) is 2.48. The number of alkyl carbamates (subject to hydrolysis) is 1. The van der Waals surface area contributed by atoms with Gasteiger partial charge < -0.3 is 14.6 Å². The zero-order valence-corrected chi connectivity index (χ0v) is 15.7. The van der Waals surface area contributed by atoms with Crippen molar-refractivity contribution in [2.45, 2.75) is 19.1 Å². The van der Waals surface area contributed by atoms with Crippen LogP contribution >= 0.6 is 18.0 Å². The van der Waals surface area contributed by atoms with Crippen LogP contribution in [0.4, 0.5) is 9.18 Å². The number of halogens is 1. The van der Waals surface area contributed by atoms with Crippen LogP contribution < -0.4 is 5.32 Å². The van der Waals surface area contributed by atoms with Crippen molar-refractivity contribution in [1.29, 1.82) is 0 Å². The zero-order chi connectivity index (χ0) is 18.8. The number of hydrogen-bond acceptors (Lipinski definition) is 5. The van der Waals surface area contributed by atoms with Crippen LogP contribution in [0, 0.1) is 5.82 Å². The normalized spacial score (nSPS) is 11.8. The lowest BCUT2D eigenvalue weighted by Crippen LogP contribution is -2.42. The molecule has 0 saturated carbocycles. The van der Waals surface area contributed by atoms with Crippen molar-refractivity contribution in [2.75, 3.05) is 0 Å². The van der Waals surface area contributed by atoms with Crippen molar-refractivity contribution < 1.29 is 23.2 Å². The van der Waals surface area contributed by atoms with Gasteiger partial charge in [-0.3, -0.25) is 0 Å². The minimum Gasteiger partial charge on any atom is -0.445 e. The van der Waals surface area contributed by atoms with Crippen LogP contribution in [0.5, 0.6) is 0 Å². The standard InChI is InChI=1S/C17H17FN2O4P2/c18-14-8-6-12(7-9-14)10-15(16(21)24-26-20-25)19-17(22)23-11-13-4-2-1-3-5-13/h1-9,15H,10-11,25H2,(H,19,22)/t15-/m1/s1. The lowest BCUT2D eigenvalue weighted by molar-refractivity contribution is -0.135. The Hall–Kier alpha value is -2.36. The minimum absolute atomic E-state index is 0.0736. The van der Waals surface area contributed by atoms with E-state index in [4.69, 9.17) is 9.26 Å². The molecule has 6 nitrogen and oxygen atoms in total. The summed E-state index contributed by atoms with van der Waals surface area (Å²) in [6.07, 6.45) is -0.622. The van der Waals surface area contributed by atoms with Gasteiger partial charge in [-0.1, -0.05) is 42.5 Å². The second-order valence-electron chi connectivity index (χ2n) is 5.20. The Kier molecular flexibility index (Phi) is 8.13. The highest BCUT2D eigenvalue weighted by Crippen LogP contribution is 2.12. The van der Waals surface area contributed by atoms with E-state index in [9.17, 15) is 14.0 Å². The van der Waals surface area contributed by atoms with E-state index in [0.717, 1.165) is 5.56 Å². The molecular formula is C17H17FN2O4P2. The number of ether oxygens (including phenoxy) is 1. The molecule has 0 saturated heterocycles. The molecule has 26 heavy (non-hydrogen) atoms. The van der Waals surface area contributed by atoms with E-state index in [-0.39, 0.29) is 27.4 Å². The quantitative estimate of drug-likeness (QED) is 0.719. The molecule has 2 aromatic rings. The average Bonchev–Trinajstić information content (AvgIpc) is 2.66. The number of amides is 1. The SMILES string of the molecule is O=C(N[C@H](Cc1ccc(F)cc1)C(=O)O/P=N/P)OCc1ccccc1. The van der Waals surface area contributed by atoms with Crippen LogP contribution in [0.25, 0.3) is 0 Å². The summed E-state index contributed by atoms with van der Waals surface area (Å²) >= 11 is 0. The highest BCUT2D eigenvalue weighted by atomic mass is 31.1. The number of hydrogen-bond donors (Lipinski definition) is 1. The largest absolute Gasteiger partial charge is 0.445 e. The van der Waals surface area contributed by atoms with Crippen molar-refractivity contribution in [3.05, 3.63) is 71.5 Å². The first kappa shape index (κ1) is 20.0. The van der Waals surface area contributed by atoms with Gasteiger partial charge >= 0.3 is 12.1 Å². The Bertz CT molecular complexity index is 757. The minimum atomic E-state index is -0.983. The van der Waals surface area contributed by atoms with Crippen molar-refractivity contribution >= 4 is 30.1 Å². The monoisotopic (exact) mass is 394 g/mol. The molecule has 2 aromatic carbocycles. The van der Waals surface area contributed by atoms with Crippen LogP contribution in [-0.4, -0.2) is 18.1 Å². The van der Waals surface area contributed by atoms with Crippen molar-refractivity contribution in [3.63, 3.8) is 0 Å². The smallest absolute Gasteiger partial charge is 0.408 e. The van der Waals surface area contributed by atoms with Gasteiger partial charge in [0, 0.05) is 6.42 Å². The van der Waals surface area contributed by atoms with Gasteiger partial charge in [-0.2, -0.15) is 0 Å². The summed E-state index contributed by atoms with van der Waals surface area (Å²) in [4.78, 5) is 24.2. The fourth-order valence-electron chi connectivity index (χ4n) is 2.08. The molecular weight excluding hydrogens is 377 g/mol. The highest BCUT2D eigenvalue weighted by Gasteiger charge is 2.23. The fourth-order valence-corrected chi connectivity index (χ4v) is 2.48. The summed E-state index contributed by atoms with van der Waals surface area (Å²) in [5.41, 5.74) is 1.48. The molecule has 1 amide bonds. The number of benzene rings is 2. The Morgan fingerprint density at radius 1 is 1.12 bits per heavy atom. The molecule has 0 aliphatic heterocycles. The van der Waals surface area contributed by atoms with Crippen LogP contribution in [-0.2, 0) is 27.1 Å². The van der Waals surface area contributed by atoms with E-state index in [0.29, 0.717) is 5.56 Å². The molecule has 1 unspecified atom stereocenters.